The van der Waals surface area contributed by atoms with Crippen molar-refractivity contribution in [2.24, 2.45) is 0 Å². The number of ketones is 1. The Hall–Kier alpha value is -0.990. The fraction of sp³-hybridized carbons (Fsp3) is 0.250. The summed E-state index contributed by atoms with van der Waals surface area (Å²) in [6.07, 6.45) is 1.90. The van der Waals surface area contributed by atoms with Gasteiger partial charge in [0.2, 0.25) is 0 Å². The molecule has 1 aromatic carbocycles. The van der Waals surface area contributed by atoms with Crippen LogP contribution in [-0.4, -0.2) is 5.78 Å². The Morgan fingerprint density at radius 2 is 1.94 bits per heavy atom. The lowest BCUT2D eigenvalue weighted by Gasteiger charge is -2.25. The van der Waals surface area contributed by atoms with E-state index in [9.17, 15) is 9.90 Å². The summed E-state index contributed by atoms with van der Waals surface area (Å²) in [5.74, 6) is -0.306. The third kappa shape index (κ3) is 2.39. The molecule has 2 rings (SSSR count). The summed E-state index contributed by atoms with van der Waals surface area (Å²) in [4.78, 5) is 11.3. The lowest BCUT2D eigenvalue weighted by Crippen LogP contribution is -2.18. The minimum absolute atomic E-state index is 0.0697. The monoisotopic (exact) mass is 255 g/mol. The number of hydrogen-bond donors (Lipinski definition) is 0. The summed E-state index contributed by atoms with van der Waals surface area (Å²) in [5.41, 5.74) is 0.893. The maximum Gasteiger partial charge on any atom is 0.155 e. The van der Waals surface area contributed by atoms with Crippen molar-refractivity contribution in [2.75, 3.05) is 0 Å². The molecule has 16 heavy (non-hydrogen) atoms. The summed E-state index contributed by atoms with van der Waals surface area (Å²) in [5, 5.41) is 12.2. The van der Waals surface area contributed by atoms with E-state index >= 15 is 0 Å². The maximum absolute atomic E-state index is 11.3. The summed E-state index contributed by atoms with van der Waals surface area (Å²) in [7, 11) is 0. The molecule has 1 aliphatic rings. The van der Waals surface area contributed by atoms with Gasteiger partial charge in [-0.15, -0.1) is 5.76 Å². The molecule has 4 heteroatoms. The number of halogens is 2. The van der Waals surface area contributed by atoms with Gasteiger partial charge in [-0.2, -0.15) is 0 Å². The number of carbonyl (C=O) groups excluding carboxylic acids is 1. The molecule has 0 heterocycles. The van der Waals surface area contributed by atoms with Crippen LogP contribution >= 0.6 is 23.2 Å². The van der Waals surface area contributed by atoms with Gasteiger partial charge in [-0.3, -0.25) is 4.79 Å². The Balaban J connectivity index is 2.28. The molecular formula is C12H9Cl2O2-. The fourth-order valence-corrected chi connectivity index (χ4v) is 2.16. The molecule has 0 saturated heterocycles. The first-order valence-electron chi connectivity index (χ1n) is 4.91. The molecule has 0 bridgehead atoms. The van der Waals surface area contributed by atoms with Gasteiger partial charge < -0.3 is 5.11 Å². The van der Waals surface area contributed by atoms with Crippen molar-refractivity contribution in [3.8, 4) is 0 Å². The second-order valence-corrected chi connectivity index (χ2v) is 4.67. The first kappa shape index (κ1) is 11.5. The zero-order chi connectivity index (χ0) is 11.7. The average molecular weight is 256 g/mol. The van der Waals surface area contributed by atoms with E-state index in [1.807, 2.05) is 6.07 Å². The summed E-state index contributed by atoms with van der Waals surface area (Å²) in [6.45, 7) is 0. The molecule has 0 fully saturated rings. The molecule has 0 spiro atoms. The normalized spacial score (nSPS) is 20.8. The summed E-state index contributed by atoms with van der Waals surface area (Å²) < 4.78 is 0. The van der Waals surface area contributed by atoms with Crippen LogP contribution in [0.1, 0.15) is 24.3 Å². The van der Waals surface area contributed by atoms with Gasteiger partial charge in [0.15, 0.2) is 5.78 Å². The van der Waals surface area contributed by atoms with E-state index in [0.717, 1.165) is 5.56 Å². The molecule has 0 amide bonds. The molecule has 0 radical (unpaired) electrons. The molecule has 0 aromatic heterocycles. The quantitative estimate of drug-likeness (QED) is 0.774. The van der Waals surface area contributed by atoms with Crippen LogP contribution in [0.5, 0.6) is 0 Å². The molecule has 1 atom stereocenters. The fourth-order valence-electron chi connectivity index (χ4n) is 1.86. The van der Waals surface area contributed by atoms with Gasteiger partial charge in [0.1, 0.15) is 0 Å². The van der Waals surface area contributed by atoms with Crippen LogP contribution < -0.4 is 5.11 Å². The van der Waals surface area contributed by atoms with Gasteiger partial charge in [0.05, 0.1) is 10.0 Å². The number of hydrogen-bond acceptors (Lipinski definition) is 2. The Kier molecular flexibility index (Phi) is 3.22. The van der Waals surface area contributed by atoms with Crippen LogP contribution in [-0.2, 0) is 4.79 Å². The highest BCUT2D eigenvalue weighted by atomic mass is 35.5. The molecule has 0 saturated carbocycles. The average Bonchev–Trinajstić information content (AvgIpc) is 2.20. The van der Waals surface area contributed by atoms with E-state index in [1.54, 1.807) is 12.1 Å². The topological polar surface area (TPSA) is 40.1 Å². The van der Waals surface area contributed by atoms with Gasteiger partial charge in [-0.25, -0.2) is 0 Å². The number of allylic oxidation sites excluding steroid dienone is 2. The standard InChI is InChI=1S/C12H10Cl2O2/c13-11-2-1-7(5-12(11)14)8-3-9(15)6-10(16)4-8/h1-2,5-6,8,15H,3-4H2/p-1. The van der Waals surface area contributed by atoms with Gasteiger partial charge in [-0.05, 0) is 36.1 Å². The van der Waals surface area contributed by atoms with Crippen molar-refractivity contribution in [1.82, 2.24) is 0 Å². The van der Waals surface area contributed by atoms with Gasteiger partial charge >= 0.3 is 0 Å². The van der Waals surface area contributed by atoms with Crippen LogP contribution in [0.4, 0.5) is 0 Å². The zero-order valence-corrected chi connectivity index (χ0v) is 9.89. The largest absolute Gasteiger partial charge is 0.875 e. The van der Waals surface area contributed by atoms with Crippen LogP contribution in [0, 0.1) is 0 Å². The predicted octanol–water partition coefficient (Wildman–Crippen LogP) is 2.68. The van der Waals surface area contributed by atoms with Crippen molar-refractivity contribution >= 4 is 29.0 Å². The Labute approximate surface area is 103 Å². The van der Waals surface area contributed by atoms with E-state index in [2.05, 4.69) is 0 Å². The molecule has 1 aliphatic carbocycles. The summed E-state index contributed by atoms with van der Waals surface area (Å²) >= 11 is 11.7. The van der Waals surface area contributed by atoms with Crippen LogP contribution in [0.15, 0.2) is 30.0 Å². The van der Waals surface area contributed by atoms with Crippen molar-refractivity contribution in [3.63, 3.8) is 0 Å². The van der Waals surface area contributed by atoms with E-state index in [-0.39, 0.29) is 17.5 Å². The van der Waals surface area contributed by atoms with E-state index in [1.165, 1.54) is 6.08 Å². The van der Waals surface area contributed by atoms with Crippen LogP contribution in [0.3, 0.4) is 0 Å². The first-order valence-corrected chi connectivity index (χ1v) is 5.67. The molecular weight excluding hydrogens is 247 g/mol. The maximum atomic E-state index is 11.3. The zero-order valence-electron chi connectivity index (χ0n) is 8.37. The molecule has 1 unspecified atom stereocenters. The highest BCUT2D eigenvalue weighted by Crippen LogP contribution is 2.33. The molecule has 84 valence electrons. The summed E-state index contributed by atoms with van der Waals surface area (Å²) in [6, 6.07) is 5.22. The lowest BCUT2D eigenvalue weighted by atomic mass is 9.86. The van der Waals surface area contributed by atoms with Crippen molar-refractivity contribution < 1.29 is 9.90 Å². The second kappa shape index (κ2) is 4.48. The van der Waals surface area contributed by atoms with Gasteiger partial charge in [0.25, 0.3) is 0 Å². The number of rotatable bonds is 1. The first-order chi connectivity index (χ1) is 7.56. The lowest BCUT2D eigenvalue weighted by molar-refractivity contribution is -0.308. The second-order valence-electron chi connectivity index (χ2n) is 3.86. The van der Waals surface area contributed by atoms with Crippen molar-refractivity contribution in [3.05, 3.63) is 45.6 Å². The molecule has 2 nitrogen and oxygen atoms in total. The van der Waals surface area contributed by atoms with E-state index in [0.29, 0.717) is 22.9 Å². The Morgan fingerprint density at radius 3 is 2.56 bits per heavy atom. The van der Waals surface area contributed by atoms with Crippen LogP contribution in [0.2, 0.25) is 10.0 Å². The third-order valence-electron chi connectivity index (χ3n) is 2.63. The Bertz CT molecular complexity index is 466. The predicted molar refractivity (Wildman–Crippen MR) is 61.5 cm³/mol. The van der Waals surface area contributed by atoms with Gasteiger partial charge in [-0.1, -0.05) is 29.3 Å². The Morgan fingerprint density at radius 1 is 1.19 bits per heavy atom. The highest BCUT2D eigenvalue weighted by molar-refractivity contribution is 6.42. The molecule has 1 aromatic rings. The van der Waals surface area contributed by atoms with Crippen LogP contribution in [0.25, 0.3) is 0 Å². The number of benzene rings is 1. The molecule has 0 aliphatic heterocycles. The highest BCUT2D eigenvalue weighted by Gasteiger charge is 2.19. The SMILES string of the molecule is O=C1C=C([O-])CC(c2ccc(Cl)c(Cl)c2)C1. The number of carbonyl (C=O) groups is 1. The smallest absolute Gasteiger partial charge is 0.155 e. The minimum atomic E-state index is -0.118. The minimum Gasteiger partial charge on any atom is -0.875 e. The van der Waals surface area contributed by atoms with Crippen molar-refractivity contribution in [1.29, 1.82) is 0 Å². The molecule has 0 N–H and O–H groups in total. The van der Waals surface area contributed by atoms with Gasteiger partial charge in [0, 0.05) is 6.42 Å². The van der Waals surface area contributed by atoms with E-state index < -0.39 is 0 Å². The third-order valence-corrected chi connectivity index (χ3v) is 3.37. The van der Waals surface area contributed by atoms with Crippen molar-refractivity contribution in [2.45, 2.75) is 18.8 Å². The van der Waals surface area contributed by atoms with E-state index in [4.69, 9.17) is 23.2 Å².